The molecule has 0 radical (unpaired) electrons. The number of hydrogen-bond acceptors (Lipinski definition) is 4. The number of amides is 1. The third-order valence-corrected chi connectivity index (χ3v) is 4.09. The lowest BCUT2D eigenvalue weighted by Crippen LogP contribution is -2.35. The van der Waals surface area contributed by atoms with Crippen molar-refractivity contribution < 1.29 is 4.79 Å². The number of carbonyl (C=O) groups is 1. The molecule has 3 N–H and O–H groups in total. The highest BCUT2D eigenvalue weighted by atomic mass is 32.1. The first-order valence-electron chi connectivity index (χ1n) is 6.68. The van der Waals surface area contributed by atoms with Gasteiger partial charge in [0.25, 0.3) is 5.91 Å². The van der Waals surface area contributed by atoms with Crippen LogP contribution in [0.2, 0.25) is 0 Å². The van der Waals surface area contributed by atoms with E-state index in [0.717, 1.165) is 6.42 Å². The van der Waals surface area contributed by atoms with Crippen molar-refractivity contribution in [3.05, 3.63) is 33.8 Å². The Bertz CT molecular complexity index is 602. The van der Waals surface area contributed by atoms with Crippen LogP contribution >= 0.6 is 11.3 Å². The molecule has 0 bridgehead atoms. The first-order chi connectivity index (χ1) is 9.51. The SMILES string of the molecule is CCn1ncc(N)c1C(=O)NC(C)Cc1ccc(C)s1. The Kier molecular flexibility index (Phi) is 4.44. The van der Waals surface area contributed by atoms with Gasteiger partial charge in [0.05, 0.1) is 11.9 Å². The van der Waals surface area contributed by atoms with Crippen molar-refractivity contribution in [1.82, 2.24) is 15.1 Å². The van der Waals surface area contributed by atoms with Crippen LogP contribution in [0.3, 0.4) is 0 Å². The standard InChI is InChI=1S/C14H20N4OS/c1-4-18-13(12(15)8-16-18)14(19)17-9(2)7-11-6-5-10(3)20-11/h5-6,8-9H,4,7,15H2,1-3H3,(H,17,19). The summed E-state index contributed by atoms with van der Waals surface area (Å²) in [6, 6.07) is 4.26. The molecule has 0 spiro atoms. The van der Waals surface area contributed by atoms with Gasteiger partial charge in [-0.3, -0.25) is 9.48 Å². The smallest absolute Gasteiger partial charge is 0.271 e. The molecule has 5 nitrogen and oxygen atoms in total. The molecule has 0 aliphatic carbocycles. The largest absolute Gasteiger partial charge is 0.396 e. The van der Waals surface area contributed by atoms with Gasteiger partial charge in [-0.2, -0.15) is 5.10 Å². The summed E-state index contributed by atoms with van der Waals surface area (Å²) in [5, 5.41) is 7.07. The van der Waals surface area contributed by atoms with Gasteiger partial charge >= 0.3 is 0 Å². The minimum atomic E-state index is -0.164. The Morgan fingerprint density at radius 3 is 2.90 bits per heavy atom. The molecule has 0 aliphatic rings. The van der Waals surface area contributed by atoms with Gasteiger partial charge in [0.15, 0.2) is 0 Å². The van der Waals surface area contributed by atoms with E-state index < -0.39 is 0 Å². The number of thiophene rings is 1. The molecular weight excluding hydrogens is 272 g/mol. The zero-order valence-electron chi connectivity index (χ0n) is 12.0. The Morgan fingerprint density at radius 2 is 2.30 bits per heavy atom. The van der Waals surface area contributed by atoms with E-state index in [1.54, 1.807) is 16.0 Å². The van der Waals surface area contributed by atoms with E-state index in [1.807, 2.05) is 13.8 Å². The predicted octanol–water partition coefficient (Wildman–Crippen LogP) is 2.22. The number of anilines is 1. The van der Waals surface area contributed by atoms with Crippen LogP contribution in [0.15, 0.2) is 18.3 Å². The summed E-state index contributed by atoms with van der Waals surface area (Å²) in [5.74, 6) is -0.164. The Morgan fingerprint density at radius 1 is 1.55 bits per heavy atom. The number of nitrogens with zero attached hydrogens (tertiary/aromatic N) is 2. The van der Waals surface area contributed by atoms with Crippen LogP contribution in [-0.4, -0.2) is 21.7 Å². The van der Waals surface area contributed by atoms with Crippen LogP contribution in [0, 0.1) is 6.92 Å². The van der Waals surface area contributed by atoms with Crippen molar-refractivity contribution in [3.8, 4) is 0 Å². The Labute approximate surface area is 122 Å². The second kappa shape index (κ2) is 6.09. The summed E-state index contributed by atoms with van der Waals surface area (Å²) in [5.41, 5.74) is 6.67. The highest BCUT2D eigenvalue weighted by Crippen LogP contribution is 2.17. The molecule has 2 aromatic rings. The molecule has 0 aliphatic heterocycles. The van der Waals surface area contributed by atoms with Crippen LogP contribution in [0.5, 0.6) is 0 Å². The fourth-order valence-corrected chi connectivity index (χ4v) is 3.15. The molecule has 1 atom stereocenters. The van der Waals surface area contributed by atoms with Crippen LogP contribution in [0.4, 0.5) is 5.69 Å². The molecule has 0 saturated carbocycles. The van der Waals surface area contributed by atoms with Gasteiger partial charge in [-0.05, 0) is 32.9 Å². The molecule has 108 valence electrons. The second-order valence-corrected chi connectivity index (χ2v) is 6.23. The zero-order chi connectivity index (χ0) is 14.7. The second-order valence-electron chi connectivity index (χ2n) is 4.86. The molecule has 2 rings (SSSR count). The number of nitrogens with one attached hydrogen (secondary N) is 1. The van der Waals surface area contributed by atoms with Crippen molar-refractivity contribution in [2.24, 2.45) is 0 Å². The molecule has 0 fully saturated rings. The molecular formula is C14H20N4OS. The van der Waals surface area contributed by atoms with E-state index in [9.17, 15) is 4.79 Å². The summed E-state index contributed by atoms with van der Waals surface area (Å²) in [6.07, 6.45) is 2.34. The van der Waals surface area contributed by atoms with Gasteiger partial charge in [0, 0.05) is 28.8 Å². The van der Waals surface area contributed by atoms with Crippen LogP contribution < -0.4 is 11.1 Å². The summed E-state index contributed by atoms with van der Waals surface area (Å²) < 4.78 is 1.62. The molecule has 0 saturated heterocycles. The molecule has 2 heterocycles. The van der Waals surface area contributed by atoms with Crippen molar-refractivity contribution in [1.29, 1.82) is 0 Å². The number of carbonyl (C=O) groups excluding carboxylic acids is 1. The first kappa shape index (κ1) is 14.6. The summed E-state index contributed by atoms with van der Waals surface area (Å²) in [6.45, 7) is 6.63. The minimum Gasteiger partial charge on any atom is -0.396 e. The highest BCUT2D eigenvalue weighted by molar-refractivity contribution is 7.11. The maximum atomic E-state index is 12.3. The van der Waals surface area contributed by atoms with Gasteiger partial charge in [-0.1, -0.05) is 0 Å². The highest BCUT2D eigenvalue weighted by Gasteiger charge is 2.18. The molecule has 1 amide bonds. The summed E-state index contributed by atoms with van der Waals surface area (Å²) in [7, 11) is 0. The number of nitrogen functional groups attached to an aromatic ring is 1. The number of hydrogen-bond donors (Lipinski definition) is 2. The number of nitrogens with two attached hydrogens (primary N) is 1. The molecule has 1 unspecified atom stereocenters. The van der Waals surface area contributed by atoms with Gasteiger partial charge in [-0.15, -0.1) is 11.3 Å². The van der Waals surface area contributed by atoms with Gasteiger partial charge in [0.2, 0.25) is 0 Å². The Balaban J connectivity index is 2.02. The normalized spacial score (nSPS) is 12.3. The van der Waals surface area contributed by atoms with Crippen molar-refractivity contribution >= 4 is 22.9 Å². The predicted molar refractivity (Wildman–Crippen MR) is 82.0 cm³/mol. The van der Waals surface area contributed by atoms with Crippen LogP contribution in [0.25, 0.3) is 0 Å². The summed E-state index contributed by atoms with van der Waals surface area (Å²) in [4.78, 5) is 14.8. The Hall–Kier alpha value is -1.82. The zero-order valence-corrected chi connectivity index (χ0v) is 12.8. The van der Waals surface area contributed by atoms with Crippen molar-refractivity contribution in [2.45, 2.75) is 39.8 Å². The monoisotopic (exact) mass is 292 g/mol. The van der Waals surface area contributed by atoms with Crippen molar-refractivity contribution in [3.63, 3.8) is 0 Å². The van der Waals surface area contributed by atoms with E-state index in [2.05, 4.69) is 29.5 Å². The lowest BCUT2D eigenvalue weighted by atomic mass is 10.2. The maximum Gasteiger partial charge on any atom is 0.271 e. The molecule has 6 heteroatoms. The summed E-state index contributed by atoms with van der Waals surface area (Å²) >= 11 is 1.76. The van der Waals surface area contributed by atoms with Gasteiger partial charge in [0.1, 0.15) is 5.69 Å². The van der Waals surface area contributed by atoms with E-state index in [1.165, 1.54) is 16.0 Å². The third kappa shape index (κ3) is 3.19. The first-order valence-corrected chi connectivity index (χ1v) is 7.50. The lowest BCUT2D eigenvalue weighted by Gasteiger charge is -2.14. The van der Waals surface area contributed by atoms with E-state index in [0.29, 0.717) is 17.9 Å². The average Bonchev–Trinajstić information content (AvgIpc) is 2.95. The molecule has 0 aromatic carbocycles. The quantitative estimate of drug-likeness (QED) is 0.887. The lowest BCUT2D eigenvalue weighted by molar-refractivity contribution is 0.0930. The van der Waals surface area contributed by atoms with E-state index >= 15 is 0 Å². The van der Waals surface area contributed by atoms with Crippen LogP contribution in [0.1, 0.15) is 34.1 Å². The molecule has 2 aromatic heterocycles. The van der Waals surface area contributed by atoms with E-state index in [4.69, 9.17) is 5.73 Å². The molecule has 20 heavy (non-hydrogen) atoms. The maximum absolute atomic E-state index is 12.3. The van der Waals surface area contributed by atoms with E-state index in [-0.39, 0.29) is 11.9 Å². The van der Waals surface area contributed by atoms with Crippen molar-refractivity contribution in [2.75, 3.05) is 5.73 Å². The van der Waals surface area contributed by atoms with Gasteiger partial charge < -0.3 is 11.1 Å². The fourth-order valence-electron chi connectivity index (χ4n) is 2.13. The van der Waals surface area contributed by atoms with Gasteiger partial charge in [-0.25, -0.2) is 0 Å². The van der Waals surface area contributed by atoms with Crippen LogP contribution in [-0.2, 0) is 13.0 Å². The number of aryl methyl sites for hydroxylation is 2. The topological polar surface area (TPSA) is 72.9 Å². The average molecular weight is 292 g/mol. The fraction of sp³-hybridized carbons (Fsp3) is 0.429. The third-order valence-electron chi connectivity index (χ3n) is 3.06. The minimum absolute atomic E-state index is 0.0557. The number of aromatic nitrogens is 2. The number of rotatable bonds is 5.